The van der Waals surface area contributed by atoms with E-state index in [1.165, 1.54) is 0 Å². The Bertz CT molecular complexity index is 566. The summed E-state index contributed by atoms with van der Waals surface area (Å²) >= 11 is 0. The fourth-order valence-electron chi connectivity index (χ4n) is 1.93. The summed E-state index contributed by atoms with van der Waals surface area (Å²) in [5.41, 5.74) is 1.07. The zero-order chi connectivity index (χ0) is 15.1. The maximum atomic E-state index is 11.9. The first-order chi connectivity index (χ1) is 10.2. The number of hydrogen-bond donors (Lipinski definition) is 1. The van der Waals surface area contributed by atoms with Gasteiger partial charge in [0.15, 0.2) is 6.61 Å². The van der Waals surface area contributed by atoms with Gasteiger partial charge in [0.05, 0.1) is 13.2 Å². The number of ether oxygens (including phenoxy) is 2. The molecule has 0 heterocycles. The average molecular weight is 285 g/mol. The molecule has 110 valence electrons. The van der Waals surface area contributed by atoms with Gasteiger partial charge in [-0.05, 0) is 36.8 Å². The Hall–Kier alpha value is -2.49. The van der Waals surface area contributed by atoms with Crippen LogP contribution in [-0.4, -0.2) is 19.6 Å². The predicted molar refractivity (Wildman–Crippen MR) is 81.5 cm³/mol. The lowest BCUT2D eigenvalue weighted by atomic mass is 10.1. The second-order valence-corrected chi connectivity index (χ2v) is 4.66. The number of carbonyl (C=O) groups is 1. The van der Waals surface area contributed by atoms with Crippen LogP contribution in [0.25, 0.3) is 0 Å². The first kappa shape index (κ1) is 14.9. The molecule has 0 saturated heterocycles. The summed E-state index contributed by atoms with van der Waals surface area (Å²) in [6.45, 7) is 1.93. The van der Waals surface area contributed by atoms with Gasteiger partial charge in [0.25, 0.3) is 5.91 Å². The topological polar surface area (TPSA) is 47.6 Å². The molecule has 0 aliphatic rings. The monoisotopic (exact) mass is 285 g/mol. The van der Waals surface area contributed by atoms with Gasteiger partial charge in [-0.2, -0.15) is 0 Å². The molecule has 0 saturated carbocycles. The van der Waals surface area contributed by atoms with Crippen molar-refractivity contribution in [2.24, 2.45) is 0 Å². The van der Waals surface area contributed by atoms with Crippen LogP contribution in [0.2, 0.25) is 0 Å². The van der Waals surface area contributed by atoms with E-state index in [0.29, 0.717) is 5.75 Å². The number of amides is 1. The molecule has 1 atom stereocenters. The SMILES string of the molecule is COc1ccc(OCC(=O)N[C@H](C)c2ccccc2)cc1. The molecule has 2 aromatic carbocycles. The van der Waals surface area contributed by atoms with Crippen LogP contribution in [0.15, 0.2) is 54.6 Å². The molecular weight excluding hydrogens is 266 g/mol. The summed E-state index contributed by atoms with van der Waals surface area (Å²) in [6.07, 6.45) is 0. The Morgan fingerprint density at radius 3 is 2.29 bits per heavy atom. The van der Waals surface area contributed by atoms with Gasteiger partial charge in [-0.1, -0.05) is 30.3 Å². The van der Waals surface area contributed by atoms with Crippen molar-refractivity contribution in [3.63, 3.8) is 0 Å². The highest BCUT2D eigenvalue weighted by Crippen LogP contribution is 2.17. The summed E-state index contributed by atoms with van der Waals surface area (Å²) in [5.74, 6) is 1.24. The molecular formula is C17H19NO3. The summed E-state index contributed by atoms with van der Waals surface area (Å²) in [6, 6.07) is 16.9. The lowest BCUT2D eigenvalue weighted by Crippen LogP contribution is -2.31. The third-order valence-corrected chi connectivity index (χ3v) is 3.11. The van der Waals surface area contributed by atoms with Crippen molar-refractivity contribution >= 4 is 5.91 Å². The quantitative estimate of drug-likeness (QED) is 0.887. The number of nitrogens with one attached hydrogen (secondary N) is 1. The van der Waals surface area contributed by atoms with E-state index in [1.807, 2.05) is 37.3 Å². The Labute approximate surface area is 124 Å². The molecule has 0 fully saturated rings. The minimum atomic E-state index is -0.151. The summed E-state index contributed by atoms with van der Waals surface area (Å²) in [5, 5.41) is 2.90. The number of carbonyl (C=O) groups excluding carboxylic acids is 1. The largest absolute Gasteiger partial charge is 0.497 e. The van der Waals surface area contributed by atoms with Crippen molar-refractivity contribution in [3.8, 4) is 11.5 Å². The van der Waals surface area contributed by atoms with Gasteiger partial charge in [-0.25, -0.2) is 0 Å². The van der Waals surface area contributed by atoms with E-state index in [2.05, 4.69) is 5.32 Å². The van der Waals surface area contributed by atoms with Crippen molar-refractivity contribution in [2.75, 3.05) is 13.7 Å². The smallest absolute Gasteiger partial charge is 0.258 e. The second-order valence-electron chi connectivity index (χ2n) is 4.66. The Balaban J connectivity index is 1.81. The van der Waals surface area contributed by atoms with Gasteiger partial charge in [0.1, 0.15) is 11.5 Å². The van der Waals surface area contributed by atoms with E-state index in [1.54, 1.807) is 31.4 Å². The molecule has 0 aromatic heterocycles. The maximum Gasteiger partial charge on any atom is 0.258 e. The highest BCUT2D eigenvalue weighted by Gasteiger charge is 2.09. The number of hydrogen-bond acceptors (Lipinski definition) is 3. The minimum Gasteiger partial charge on any atom is -0.497 e. The van der Waals surface area contributed by atoms with Crippen LogP contribution >= 0.6 is 0 Å². The number of rotatable bonds is 6. The molecule has 1 N–H and O–H groups in total. The van der Waals surface area contributed by atoms with Crippen molar-refractivity contribution in [1.82, 2.24) is 5.32 Å². The Kier molecular flexibility index (Phi) is 5.21. The van der Waals surface area contributed by atoms with Gasteiger partial charge < -0.3 is 14.8 Å². The molecule has 0 spiro atoms. The molecule has 21 heavy (non-hydrogen) atoms. The summed E-state index contributed by atoms with van der Waals surface area (Å²) < 4.78 is 10.5. The molecule has 4 nitrogen and oxygen atoms in total. The normalized spacial score (nSPS) is 11.5. The Morgan fingerprint density at radius 1 is 1.05 bits per heavy atom. The zero-order valence-corrected chi connectivity index (χ0v) is 12.2. The maximum absolute atomic E-state index is 11.9. The molecule has 0 radical (unpaired) electrons. The van der Waals surface area contributed by atoms with E-state index in [9.17, 15) is 4.79 Å². The second kappa shape index (κ2) is 7.33. The molecule has 0 aliphatic carbocycles. The molecule has 2 aromatic rings. The Morgan fingerprint density at radius 2 is 1.67 bits per heavy atom. The summed E-state index contributed by atoms with van der Waals surface area (Å²) in [4.78, 5) is 11.9. The van der Waals surface area contributed by atoms with Gasteiger partial charge >= 0.3 is 0 Å². The van der Waals surface area contributed by atoms with Crippen LogP contribution in [0.5, 0.6) is 11.5 Å². The number of benzene rings is 2. The van der Waals surface area contributed by atoms with Crippen molar-refractivity contribution < 1.29 is 14.3 Å². The van der Waals surface area contributed by atoms with Crippen molar-refractivity contribution in [1.29, 1.82) is 0 Å². The van der Waals surface area contributed by atoms with Crippen LogP contribution in [0.4, 0.5) is 0 Å². The first-order valence-corrected chi connectivity index (χ1v) is 6.80. The highest BCUT2D eigenvalue weighted by molar-refractivity contribution is 5.78. The van der Waals surface area contributed by atoms with Gasteiger partial charge in [0, 0.05) is 0 Å². The number of methoxy groups -OCH3 is 1. The standard InChI is InChI=1S/C17H19NO3/c1-13(14-6-4-3-5-7-14)18-17(19)12-21-16-10-8-15(20-2)9-11-16/h3-11,13H,12H2,1-2H3,(H,18,19)/t13-/m1/s1. The van der Waals surface area contributed by atoms with Crippen LogP contribution in [0.3, 0.4) is 0 Å². The predicted octanol–water partition coefficient (Wildman–Crippen LogP) is 2.95. The lowest BCUT2D eigenvalue weighted by Gasteiger charge is -2.14. The molecule has 4 heteroatoms. The van der Waals surface area contributed by atoms with Gasteiger partial charge in [-0.3, -0.25) is 4.79 Å². The fraction of sp³-hybridized carbons (Fsp3) is 0.235. The highest BCUT2D eigenvalue weighted by atomic mass is 16.5. The van der Waals surface area contributed by atoms with Crippen LogP contribution in [0.1, 0.15) is 18.5 Å². The fourth-order valence-corrected chi connectivity index (χ4v) is 1.93. The van der Waals surface area contributed by atoms with Crippen LogP contribution in [0, 0.1) is 0 Å². The summed E-state index contributed by atoms with van der Waals surface area (Å²) in [7, 11) is 1.61. The molecule has 2 rings (SSSR count). The van der Waals surface area contributed by atoms with Crippen LogP contribution < -0.4 is 14.8 Å². The zero-order valence-electron chi connectivity index (χ0n) is 12.2. The van der Waals surface area contributed by atoms with E-state index >= 15 is 0 Å². The van der Waals surface area contributed by atoms with Crippen LogP contribution in [-0.2, 0) is 4.79 Å². The average Bonchev–Trinajstić information content (AvgIpc) is 2.54. The van der Waals surface area contributed by atoms with Crippen molar-refractivity contribution in [3.05, 3.63) is 60.2 Å². The minimum absolute atomic E-state index is 0.0104. The molecule has 1 amide bonds. The van der Waals surface area contributed by atoms with Gasteiger partial charge in [-0.15, -0.1) is 0 Å². The van der Waals surface area contributed by atoms with Gasteiger partial charge in [0.2, 0.25) is 0 Å². The van der Waals surface area contributed by atoms with E-state index < -0.39 is 0 Å². The van der Waals surface area contributed by atoms with E-state index in [0.717, 1.165) is 11.3 Å². The third kappa shape index (κ3) is 4.53. The van der Waals surface area contributed by atoms with E-state index in [-0.39, 0.29) is 18.6 Å². The molecule has 0 bridgehead atoms. The molecule has 0 unspecified atom stereocenters. The van der Waals surface area contributed by atoms with Crippen molar-refractivity contribution in [2.45, 2.75) is 13.0 Å². The van der Waals surface area contributed by atoms with E-state index in [4.69, 9.17) is 9.47 Å². The third-order valence-electron chi connectivity index (χ3n) is 3.11. The molecule has 0 aliphatic heterocycles. The first-order valence-electron chi connectivity index (χ1n) is 6.80. The lowest BCUT2D eigenvalue weighted by molar-refractivity contribution is -0.123.